The standard InChI is InChI=1S/C16H17FN4/c1-9-10(2)21(16-14(9)15(18)19-8-20-16)11(3)12-5-4-6-13(17)7-12/h4-8,11H,1-3H3,(H2,18,19,20). The second kappa shape index (κ2) is 4.84. The summed E-state index contributed by atoms with van der Waals surface area (Å²) >= 11 is 0. The zero-order valence-electron chi connectivity index (χ0n) is 12.3. The topological polar surface area (TPSA) is 56.7 Å². The molecular weight excluding hydrogens is 267 g/mol. The predicted molar refractivity (Wildman–Crippen MR) is 81.6 cm³/mol. The van der Waals surface area contributed by atoms with Crippen LogP contribution in [-0.4, -0.2) is 14.5 Å². The van der Waals surface area contributed by atoms with Crippen LogP contribution in [0.25, 0.3) is 11.0 Å². The van der Waals surface area contributed by atoms with Gasteiger partial charge in [-0.3, -0.25) is 0 Å². The quantitative estimate of drug-likeness (QED) is 0.785. The minimum atomic E-state index is -0.237. The number of fused-ring (bicyclic) bond motifs is 1. The Kier molecular flexibility index (Phi) is 3.12. The average molecular weight is 284 g/mol. The smallest absolute Gasteiger partial charge is 0.146 e. The highest BCUT2D eigenvalue weighted by Crippen LogP contribution is 2.32. The number of nitrogens with two attached hydrogens (primary N) is 1. The molecule has 2 heterocycles. The molecule has 2 aromatic heterocycles. The normalized spacial score (nSPS) is 12.8. The minimum absolute atomic E-state index is 0.0359. The SMILES string of the molecule is Cc1c(C)n(C(C)c2cccc(F)c2)c2ncnc(N)c12. The molecule has 3 aromatic rings. The molecule has 4 nitrogen and oxygen atoms in total. The third kappa shape index (κ3) is 2.05. The highest BCUT2D eigenvalue weighted by atomic mass is 19.1. The van der Waals surface area contributed by atoms with Gasteiger partial charge in [0.25, 0.3) is 0 Å². The molecule has 0 bridgehead atoms. The summed E-state index contributed by atoms with van der Waals surface area (Å²) in [4.78, 5) is 8.43. The molecule has 0 spiro atoms. The Hall–Kier alpha value is -2.43. The van der Waals surface area contributed by atoms with Gasteiger partial charge < -0.3 is 10.3 Å². The number of hydrogen-bond acceptors (Lipinski definition) is 3. The molecule has 0 amide bonds. The maximum Gasteiger partial charge on any atom is 0.146 e. The predicted octanol–water partition coefficient (Wildman–Crippen LogP) is 3.38. The van der Waals surface area contributed by atoms with Crippen LogP contribution in [0.15, 0.2) is 30.6 Å². The van der Waals surface area contributed by atoms with Crippen molar-refractivity contribution in [2.24, 2.45) is 0 Å². The van der Waals surface area contributed by atoms with Crippen LogP contribution in [0.3, 0.4) is 0 Å². The highest BCUT2D eigenvalue weighted by Gasteiger charge is 2.19. The van der Waals surface area contributed by atoms with Gasteiger partial charge in [0.1, 0.15) is 23.6 Å². The molecule has 0 aliphatic rings. The van der Waals surface area contributed by atoms with E-state index in [2.05, 4.69) is 14.5 Å². The zero-order valence-corrected chi connectivity index (χ0v) is 12.3. The van der Waals surface area contributed by atoms with Gasteiger partial charge in [-0.15, -0.1) is 0 Å². The molecule has 1 atom stereocenters. The van der Waals surface area contributed by atoms with E-state index in [1.807, 2.05) is 26.8 Å². The lowest BCUT2D eigenvalue weighted by molar-refractivity contribution is 0.604. The Bertz CT molecular complexity index is 823. The van der Waals surface area contributed by atoms with Gasteiger partial charge in [0, 0.05) is 5.69 Å². The van der Waals surface area contributed by atoms with Crippen LogP contribution in [0, 0.1) is 19.7 Å². The second-order valence-electron chi connectivity index (χ2n) is 5.27. The van der Waals surface area contributed by atoms with E-state index in [-0.39, 0.29) is 11.9 Å². The van der Waals surface area contributed by atoms with E-state index in [4.69, 9.17) is 5.73 Å². The fraction of sp³-hybridized carbons (Fsp3) is 0.250. The van der Waals surface area contributed by atoms with E-state index in [1.54, 1.807) is 12.1 Å². The monoisotopic (exact) mass is 284 g/mol. The van der Waals surface area contributed by atoms with Crippen molar-refractivity contribution in [3.05, 3.63) is 53.2 Å². The van der Waals surface area contributed by atoms with E-state index in [9.17, 15) is 4.39 Å². The van der Waals surface area contributed by atoms with Crippen molar-refractivity contribution in [1.29, 1.82) is 0 Å². The number of anilines is 1. The van der Waals surface area contributed by atoms with E-state index >= 15 is 0 Å². The molecule has 3 rings (SSSR count). The van der Waals surface area contributed by atoms with Crippen molar-refractivity contribution >= 4 is 16.9 Å². The molecule has 0 saturated carbocycles. The highest BCUT2D eigenvalue weighted by molar-refractivity contribution is 5.91. The third-order valence-electron chi connectivity index (χ3n) is 4.08. The number of benzene rings is 1. The summed E-state index contributed by atoms with van der Waals surface area (Å²) in [6, 6.07) is 6.60. The summed E-state index contributed by atoms with van der Waals surface area (Å²) in [6.07, 6.45) is 1.46. The third-order valence-corrected chi connectivity index (χ3v) is 4.08. The first-order valence-corrected chi connectivity index (χ1v) is 6.83. The first-order chi connectivity index (χ1) is 10.0. The molecule has 1 aromatic carbocycles. The summed E-state index contributed by atoms with van der Waals surface area (Å²) < 4.78 is 15.6. The number of nitrogen functional groups attached to an aromatic ring is 1. The van der Waals surface area contributed by atoms with Crippen LogP contribution in [0.1, 0.15) is 29.8 Å². The van der Waals surface area contributed by atoms with Crippen molar-refractivity contribution in [3.63, 3.8) is 0 Å². The van der Waals surface area contributed by atoms with Crippen LogP contribution in [0.2, 0.25) is 0 Å². The number of hydrogen-bond donors (Lipinski definition) is 1. The summed E-state index contributed by atoms with van der Waals surface area (Å²) in [5, 5.41) is 0.873. The number of halogens is 1. The Morgan fingerprint density at radius 1 is 1.24 bits per heavy atom. The van der Waals surface area contributed by atoms with E-state index < -0.39 is 0 Å². The molecule has 1 unspecified atom stereocenters. The molecular formula is C16H17FN4. The van der Waals surface area contributed by atoms with Crippen molar-refractivity contribution in [2.45, 2.75) is 26.8 Å². The van der Waals surface area contributed by atoms with Gasteiger partial charge in [-0.2, -0.15) is 0 Å². The molecule has 0 aliphatic carbocycles. The lowest BCUT2D eigenvalue weighted by atomic mass is 10.1. The fourth-order valence-electron chi connectivity index (χ4n) is 2.84. The van der Waals surface area contributed by atoms with Gasteiger partial charge in [-0.05, 0) is 44.0 Å². The molecule has 108 valence electrons. The van der Waals surface area contributed by atoms with Crippen LogP contribution in [0.4, 0.5) is 10.2 Å². The Morgan fingerprint density at radius 2 is 2.00 bits per heavy atom. The molecule has 0 fully saturated rings. The molecule has 5 heteroatoms. The van der Waals surface area contributed by atoms with Gasteiger partial charge in [-0.1, -0.05) is 12.1 Å². The summed E-state index contributed by atoms with van der Waals surface area (Å²) in [6.45, 7) is 6.05. The van der Waals surface area contributed by atoms with Crippen molar-refractivity contribution in [1.82, 2.24) is 14.5 Å². The Morgan fingerprint density at radius 3 is 2.71 bits per heavy atom. The van der Waals surface area contributed by atoms with E-state index in [0.29, 0.717) is 5.82 Å². The fourth-order valence-corrected chi connectivity index (χ4v) is 2.84. The molecule has 0 aliphatic heterocycles. The number of nitrogens with zero attached hydrogens (tertiary/aromatic N) is 3. The zero-order chi connectivity index (χ0) is 15.1. The van der Waals surface area contributed by atoms with Gasteiger partial charge >= 0.3 is 0 Å². The van der Waals surface area contributed by atoms with Gasteiger partial charge in [0.2, 0.25) is 0 Å². The van der Waals surface area contributed by atoms with Crippen LogP contribution in [-0.2, 0) is 0 Å². The summed E-state index contributed by atoms with van der Waals surface area (Å²) in [5.41, 5.74) is 9.78. The molecule has 2 N–H and O–H groups in total. The average Bonchev–Trinajstić information content (AvgIpc) is 2.71. The van der Waals surface area contributed by atoms with E-state index in [0.717, 1.165) is 27.9 Å². The molecule has 0 saturated heterocycles. The molecule has 21 heavy (non-hydrogen) atoms. The van der Waals surface area contributed by atoms with Crippen molar-refractivity contribution in [3.8, 4) is 0 Å². The summed E-state index contributed by atoms with van der Waals surface area (Å²) in [5.74, 6) is 0.241. The number of aryl methyl sites for hydroxylation is 1. The minimum Gasteiger partial charge on any atom is -0.383 e. The van der Waals surface area contributed by atoms with E-state index in [1.165, 1.54) is 12.4 Å². The first kappa shape index (κ1) is 13.5. The van der Waals surface area contributed by atoms with Crippen molar-refractivity contribution in [2.75, 3.05) is 5.73 Å². The number of rotatable bonds is 2. The number of aromatic nitrogens is 3. The maximum atomic E-state index is 13.5. The Balaban J connectivity index is 2.25. The van der Waals surface area contributed by atoms with Crippen molar-refractivity contribution < 1.29 is 4.39 Å². The first-order valence-electron chi connectivity index (χ1n) is 6.83. The van der Waals surface area contributed by atoms with Gasteiger partial charge in [0.05, 0.1) is 11.4 Å². The maximum absolute atomic E-state index is 13.5. The van der Waals surface area contributed by atoms with Gasteiger partial charge in [0.15, 0.2) is 0 Å². The summed E-state index contributed by atoms with van der Waals surface area (Å²) in [7, 11) is 0. The lowest BCUT2D eigenvalue weighted by Crippen LogP contribution is -2.09. The lowest BCUT2D eigenvalue weighted by Gasteiger charge is -2.17. The molecule has 0 radical (unpaired) electrons. The van der Waals surface area contributed by atoms with Gasteiger partial charge in [-0.25, -0.2) is 14.4 Å². The largest absolute Gasteiger partial charge is 0.383 e. The van der Waals surface area contributed by atoms with Crippen LogP contribution >= 0.6 is 0 Å². The van der Waals surface area contributed by atoms with Crippen LogP contribution in [0.5, 0.6) is 0 Å². The van der Waals surface area contributed by atoms with Crippen LogP contribution < -0.4 is 5.73 Å². The Labute approximate surface area is 122 Å². The second-order valence-corrected chi connectivity index (χ2v) is 5.27.